The first kappa shape index (κ1) is 19.0. The quantitative estimate of drug-likeness (QED) is 0.510. The molecule has 7 heteroatoms. The zero-order valence-corrected chi connectivity index (χ0v) is 16.5. The van der Waals surface area contributed by atoms with Crippen LogP contribution in [0.1, 0.15) is 37.0 Å². The van der Waals surface area contributed by atoms with Gasteiger partial charge in [-0.1, -0.05) is 30.3 Å². The summed E-state index contributed by atoms with van der Waals surface area (Å²) in [5, 5.41) is 3.53. The molecule has 0 radical (unpaired) electrons. The van der Waals surface area contributed by atoms with Gasteiger partial charge in [0, 0.05) is 23.2 Å². The first-order valence-electron chi connectivity index (χ1n) is 9.17. The maximum absolute atomic E-state index is 12.6. The summed E-state index contributed by atoms with van der Waals surface area (Å²) >= 11 is 1.25. The predicted octanol–water partition coefficient (Wildman–Crippen LogP) is 4.04. The van der Waals surface area contributed by atoms with E-state index in [9.17, 15) is 14.4 Å². The first-order valence-corrected chi connectivity index (χ1v) is 9.99. The molecule has 0 bridgehead atoms. The van der Waals surface area contributed by atoms with Gasteiger partial charge in [-0.25, -0.2) is 9.78 Å². The number of benzene rings is 2. The third-order valence-electron chi connectivity index (χ3n) is 4.62. The number of nitrogens with one attached hydrogen (secondary N) is 1. The van der Waals surface area contributed by atoms with Gasteiger partial charge in [0.15, 0.2) is 12.4 Å². The zero-order valence-electron chi connectivity index (χ0n) is 15.7. The number of ether oxygens (including phenoxy) is 1. The number of anilines is 1. The van der Waals surface area contributed by atoms with Crippen LogP contribution in [0.3, 0.4) is 0 Å². The number of ketones is 1. The van der Waals surface area contributed by atoms with Gasteiger partial charge in [0.05, 0.1) is 10.7 Å². The number of Topliss-reactive ketones (excluding diaryl/α,β-unsaturated/α-hetero) is 1. The Morgan fingerprint density at radius 1 is 1.14 bits per heavy atom. The van der Waals surface area contributed by atoms with Crippen molar-refractivity contribution in [2.24, 2.45) is 0 Å². The van der Waals surface area contributed by atoms with Crippen molar-refractivity contribution in [3.05, 3.63) is 69.5 Å². The summed E-state index contributed by atoms with van der Waals surface area (Å²) in [6, 6.07) is 14.5. The number of hydrogen-bond acceptors (Lipinski definition) is 6. The number of fused-ring (bicyclic) bond motifs is 1. The van der Waals surface area contributed by atoms with Crippen LogP contribution in [0.25, 0.3) is 11.3 Å². The van der Waals surface area contributed by atoms with Gasteiger partial charge >= 0.3 is 5.97 Å². The van der Waals surface area contributed by atoms with Crippen LogP contribution >= 0.6 is 11.3 Å². The number of carbonyl (C=O) groups is 3. The third kappa shape index (κ3) is 4.09. The molecule has 4 rings (SSSR count). The number of nitrogens with zero attached hydrogens (tertiary/aromatic N) is 1. The third-order valence-corrected chi connectivity index (χ3v) is 5.57. The van der Waals surface area contributed by atoms with Gasteiger partial charge in [-0.3, -0.25) is 9.59 Å². The van der Waals surface area contributed by atoms with Gasteiger partial charge < -0.3 is 10.1 Å². The number of hydrogen-bond donors (Lipinski definition) is 1. The van der Waals surface area contributed by atoms with E-state index in [0.29, 0.717) is 29.0 Å². The molecule has 3 aromatic rings. The minimum absolute atomic E-state index is 0.0282. The summed E-state index contributed by atoms with van der Waals surface area (Å²) in [5.41, 5.74) is 3.48. The van der Waals surface area contributed by atoms with Crippen LogP contribution in [0, 0.1) is 6.92 Å². The number of thiazole rings is 1. The fourth-order valence-corrected chi connectivity index (χ4v) is 4.03. The van der Waals surface area contributed by atoms with Gasteiger partial charge in [-0.15, -0.1) is 11.3 Å². The second kappa shape index (κ2) is 7.97. The molecule has 2 aromatic carbocycles. The molecule has 0 spiro atoms. The lowest BCUT2D eigenvalue weighted by atomic mass is 9.99. The Morgan fingerprint density at radius 2 is 1.93 bits per heavy atom. The van der Waals surface area contributed by atoms with E-state index in [4.69, 9.17) is 4.74 Å². The van der Waals surface area contributed by atoms with E-state index in [0.717, 1.165) is 21.8 Å². The molecule has 1 N–H and O–H groups in total. The summed E-state index contributed by atoms with van der Waals surface area (Å²) in [4.78, 5) is 41.4. The topological polar surface area (TPSA) is 85.4 Å². The molecular weight excluding hydrogens is 388 g/mol. The molecule has 1 amide bonds. The minimum atomic E-state index is -0.562. The molecule has 6 nitrogen and oxygen atoms in total. The lowest BCUT2D eigenvalue weighted by molar-refractivity contribution is -0.116. The zero-order chi connectivity index (χ0) is 20.4. The van der Waals surface area contributed by atoms with Gasteiger partial charge in [-0.2, -0.15) is 0 Å². The van der Waals surface area contributed by atoms with Crippen LogP contribution in [0.2, 0.25) is 0 Å². The summed E-state index contributed by atoms with van der Waals surface area (Å²) in [7, 11) is 0. The molecule has 0 atom stereocenters. The Labute approximate surface area is 171 Å². The van der Waals surface area contributed by atoms with Crippen LogP contribution in [-0.4, -0.2) is 29.3 Å². The van der Waals surface area contributed by atoms with E-state index in [1.54, 1.807) is 18.2 Å². The van der Waals surface area contributed by atoms with Gasteiger partial charge in [0.25, 0.3) is 0 Å². The minimum Gasteiger partial charge on any atom is -0.453 e. The molecular formula is C22H18N2O4S. The smallest absolute Gasteiger partial charge is 0.351 e. The highest BCUT2D eigenvalue weighted by Crippen LogP contribution is 2.29. The van der Waals surface area contributed by atoms with E-state index in [1.165, 1.54) is 11.3 Å². The maximum Gasteiger partial charge on any atom is 0.351 e. The van der Waals surface area contributed by atoms with Crippen LogP contribution < -0.4 is 5.32 Å². The molecule has 0 saturated heterocycles. The summed E-state index contributed by atoms with van der Waals surface area (Å²) < 4.78 is 5.29. The Kier molecular flexibility index (Phi) is 5.22. The number of amides is 1. The van der Waals surface area contributed by atoms with Crippen LogP contribution in [0.15, 0.2) is 48.5 Å². The molecule has 0 fully saturated rings. The summed E-state index contributed by atoms with van der Waals surface area (Å²) in [6.45, 7) is 1.47. The standard InChI is InChI=1S/C22H18N2O4S/c1-13-23-20(14-5-3-2-4-6-14)21(29-13)22(27)28-12-18(25)16-7-9-17-15(11-16)8-10-19(26)24-17/h2-7,9,11H,8,10,12H2,1H3,(H,24,26). The van der Waals surface area contributed by atoms with E-state index in [2.05, 4.69) is 10.3 Å². The maximum atomic E-state index is 12.6. The van der Waals surface area contributed by atoms with E-state index >= 15 is 0 Å². The lowest BCUT2D eigenvalue weighted by Gasteiger charge is -2.17. The summed E-state index contributed by atoms with van der Waals surface area (Å²) in [6.07, 6.45) is 0.981. The Bertz CT molecular complexity index is 1110. The monoisotopic (exact) mass is 406 g/mol. The highest BCUT2D eigenvalue weighted by molar-refractivity contribution is 7.14. The lowest BCUT2D eigenvalue weighted by Crippen LogP contribution is -2.20. The average Bonchev–Trinajstić information content (AvgIpc) is 3.14. The fourth-order valence-electron chi connectivity index (χ4n) is 3.19. The van der Waals surface area contributed by atoms with Crippen LogP contribution in [0.5, 0.6) is 0 Å². The van der Waals surface area contributed by atoms with E-state index in [-0.39, 0.29) is 18.3 Å². The van der Waals surface area contributed by atoms with E-state index < -0.39 is 5.97 Å². The van der Waals surface area contributed by atoms with Crippen molar-refractivity contribution in [1.29, 1.82) is 0 Å². The molecule has 1 aliphatic heterocycles. The fraction of sp³-hybridized carbons (Fsp3) is 0.182. The Balaban J connectivity index is 1.47. The summed E-state index contributed by atoms with van der Waals surface area (Å²) in [5.74, 6) is -0.881. The number of carbonyl (C=O) groups excluding carboxylic acids is 3. The van der Waals surface area contributed by atoms with Crippen molar-refractivity contribution in [2.45, 2.75) is 19.8 Å². The van der Waals surface area contributed by atoms with Crippen molar-refractivity contribution in [3.8, 4) is 11.3 Å². The number of rotatable bonds is 5. The number of aryl methyl sites for hydroxylation is 2. The van der Waals surface area contributed by atoms with E-state index in [1.807, 2.05) is 37.3 Å². The molecule has 1 aliphatic rings. The van der Waals surface area contributed by atoms with Gasteiger partial charge in [0.1, 0.15) is 4.88 Å². The predicted molar refractivity (Wildman–Crippen MR) is 110 cm³/mol. The second-order valence-corrected chi connectivity index (χ2v) is 7.90. The van der Waals surface area contributed by atoms with Crippen molar-refractivity contribution in [1.82, 2.24) is 4.98 Å². The number of aromatic nitrogens is 1. The second-order valence-electron chi connectivity index (χ2n) is 6.70. The molecule has 146 valence electrons. The van der Waals surface area contributed by atoms with Crippen molar-refractivity contribution in [2.75, 3.05) is 11.9 Å². The molecule has 1 aromatic heterocycles. The molecule has 0 unspecified atom stereocenters. The van der Waals surface area contributed by atoms with Crippen molar-refractivity contribution in [3.63, 3.8) is 0 Å². The van der Waals surface area contributed by atoms with Crippen molar-refractivity contribution < 1.29 is 19.1 Å². The van der Waals surface area contributed by atoms with Crippen LogP contribution in [-0.2, 0) is 16.0 Å². The highest BCUT2D eigenvalue weighted by Gasteiger charge is 2.21. The molecule has 0 saturated carbocycles. The SMILES string of the molecule is Cc1nc(-c2ccccc2)c(C(=O)OCC(=O)c2ccc3c(c2)CCC(=O)N3)s1. The Hall–Kier alpha value is -3.32. The molecule has 2 heterocycles. The normalized spacial score (nSPS) is 12.8. The van der Waals surface area contributed by atoms with Gasteiger partial charge in [-0.05, 0) is 37.1 Å². The first-order chi connectivity index (χ1) is 14.0. The Morgan fingerprint density at radius 3 is 2.72 bits per heavy atom. The number of esters is 1. The highest BCUT2D eigenvalue weighted by atomic mass is 32.1. The molecule has 0 aliphatic carbocycles. The molecule has 29 heavy (non-hydrogen) atoms. The largest absolute Gasteiger partial charge is 0.453 e. The van der Waals surface area contributed by atoms with Gasteiger partial charge in [0.2, 0.25) is 5.91 Å². The van der Waals surface area contributed by atoms with Crippen LogP contribution in [0.4, 0.5) is 5.69 Å². The average molecular weight is 406 g/mol. The van der Waals surface area contributed by atoms with Crippen molar-refractivity contribution >= 4 is 34.7 Å².